The summed E-state index contributed by atoms with van der Waals surface area (Å²) >= 11 is 0. The van der Waals surface area contributed by atoms with Gasteiger partial charge in [0.25, 0.3) is 0 Å². The van der Waals surface area contributed by atoms with Crippen molar-refractivity contribution in [1.82, 2.24) is 0 Å². The highest BCUT2D eigenvalue weighted by Gasteiger charge is 1.98. The predicted molar refractivity (Wildman–Crippen MR) is 94.3 cm³/mol. The van der Waals surface area contributed by atoms with Crippen LogP contribution in [0.1, 0.15) is 84.0 Å². The summed E-state index contributed by atoms with van der Waals surface area (Å²) in [5.74, 6) is 0. The zero-order valence-electron chi connectivity index (χ0n) is 14.4. The van der Waals surface area contributed by atoms with Gasteiger partial charge in [0, 0.05) is 7.11 Å². The van der Waals surface area contributed by atoms with Crippen LogP contribution in [-0.2, 0) is 4.74 Å². The molecule has 21 heavy (non-hydrogen) atoms. The molecule has 0 radical (unpaired) electrons. The standard InChI is InChI=1S/C19H37NO/c1-3-4-5-6-7-8-9-10-11-12-13-14-15-16-17-18-19(20)21-2/h7-8,10-11,19H,3-6,9,12-18,20H2,1-2H3/b8-7-,11-10-. The van der Waals surface area contributed by atoms with Crippen LogP contribution in [0.4, 0.5) is 0 Å². The van der Waals surface area contributed by atoms with Gasteiger partial charge in [-0.05, 0) is 44.9 Å². The van der Waals surface area contributed by atoms with Crippen LogP contribution in [0.3, 0.4) is 0 Å². The number of unbranched alkanes of at least 4 members (excludes halogenated alkanes) is 8. The van der Waals surface area contributed by atoms with Crippen molar-refractivity contribution in [3.63, 3.8) is 0 Å². The van der Waals surface area contributed by atoms with E-state index >= 15 is 0 Å². The summed E-state index contributed by atoms with van der Waals surface area (Å²) in [7, 11) is 1.68. The molecule has 2 N–H and O–H groups in total. The Morgan fingerprint density at radius 2 is 1.38 bits per heavy atom. The Bertz CT molecular complexity index is 248. The second kappa shape index (κ2) is 17.5. The maximum absolute atomic E-state index is 5.69. The monoisotopic (exact) mass is 295 g/mol. The van der Waals surface area contributed by atoms with E-state index in [1.165, 1.54) is 64.2 Å². The molecular formula is C19H37NO. The molecule has 0 rings (SSSR count). The molecule has 0 saturated carbocycles. The summed E-state index contributed by atoms with van der Waals surface area (Å²) in [6.07, 6.45) is 24.2. The van der Waals surface area contributed by atoms with Crippen molar-refractivity contribution in [1.29, 1.82) is 0 Å². The molecule has 2 nitrogen and oxygen atoms in total. The van der Waals surface area contributed by atoms with Gasteiger partial charge in [0.2, 0.25) is 0 Å². The van der Waals surface area contributed by atoms with Crippen molar-refractivity contribution < 1.29 is 4.74 Å². The van der Waals surface area contributed by atoms with Crippen LogP contribution in [0.15, 0.2) is 24.3 Å². The molecule has 0 spiro atoms. The molecule has 0 fully saturated rings. The largest absolute Gasteiger partial charge is 0.367 e. The van der Waals surface area contributed by atoms with E-state index < -0.39 is 0 Å². The molecule has 0 aromatic heterocycles. The fraction of sp³-hybridized carbons (Fsp3) is 0.789. The Balaban J connectivity index is 3.18. The molecule has 0 bridgehead atoms. The van der Waals surface area contributed by atoms with Crippen LogP contribution in [0.25, 0.3) is 0 Å². The molecule has 0 amide bonds. The fourth-order valence-corrected chi connectivity index (χ4v) is 2.27. The van der Waals surface area contributed by atoms with Crippen LogP contribution in [0.2, 0.25) is 0 Å². The van der Waals surface area contributed by atoms with Crippen molar-refractivity contribution >= 4 is 0 Å². The van der Waals surface area contributed by atoms with E-state index in [-0.39, 0.29) is 6.23 Å². The van der Waals surface area contributed by atoms with Gasteiger partial charge in [-0.1, -0.05) is 63.3 Å². The molecule has 1 unspecified atom stereocenters. The van der Waals surface area contributed by atoms with Gasteiger partial charge in [0.05, 0.1) is 0 Å². The lowest BCUT2D eigenvalue weighted by Gasteiger charge is -2.08. The topological polar surface area (TPSA) is 35.2 Å². The zero-order valence-corrected chi connectivity index (χ0v) is 14.4. The molecule has 0 aliphatic heterocycles. The van der Waals surface area contributed by atoms with Crippen LogP contribution in [0, 0.1) is 0 Å². The Kier molecular flexibility index (Phi) is 17.0. The molecule has 0 aromatic rings. The number of nitrogens with two attached hydrogens (primary N) is 1. The number of methoxy groups -OCH3 is 1. The molecular weight excluding hydrogens is 258 g/mol. The van der Waals surface area contributed by atoms with E-state index in [0.717, 1.165) is 12.8 Å². The summed E-state index contributed by atoms with van der Waals surface area (Å²) in [4.78, 5) is 0. The average Bonchev–Trinajstić information content (AvgIpc) is 2.50. The quantitative estimate of drug-likeness (QED) is 0.238. The minimum absolute atomic E-state index is 0.0667. The normalized spacial score (nSPS) is 13.5. The summed E-state index contributed by atoms with van der Waals surface area (Å²) in [5.41, 5.74) is 5.69. The van der Waals surface area contributed by atoms with Gasteiger partial charge >= 0.3 is 0 Å². The first-order valence-electron chi connectivity index (χ1n) is 8.89. The maximum Gasteiger partial charge on any atom is 0.105 e. The Labute approximate surface area is 132 Å². The number of allylic oxidation sites excluding steroid dienone is 4. The van der Waals surface area contributed by atoms with E-state index in [4.69, 9.17) is 10.5 Å². The third kappa shape index (κ3) is 17.3. The van der Waals surface area contributed by atoms with Gasteiger partial charge < -0.3 is 10.5 Å². The van der Waals surface area contributed by atoms with Crippen LogP contribution in [0.5, 0.6) is 0 Å². The van der Waals surface area contributed by atoms with Gasteiger partial charge in [-0.15, -0.1) is 0 Å². The van der Waals surface area contributed by atoms with Crippen molar-refractivity contribution in [2.45, 2.75) is 90.2 Å². The van der Waals surface area contributed by atoms with Gasteiger partial charge in [0.1, 0.15) is 6.23 Å². The first-order valence-corrected chi connectivity index (χ1v) is 8.89. The molecule has 0 aliphatic rings. The number of ether oxygens (including phenoxy) is 1. The van der Waals surface area contributed by atoms with Gasteiger partial charge in [-0.25, -0.2) is 0 Å². The highest BCUT2D eigenvalue weighted by atomic mass is 16.5. The van der Waals surface area contributed by atoms with E-state index in [1.54, 1.807) is 7.11 Å². The lowest BCUT2D eigenvalue weighted by atomic mass is 10.1. The Hall–Kier alpha value is -0.600. The number of hydrogen-bond acceptors (Lipinski definition) is 2. The van der Waals surface area contributed by atoms with Gasteiger partial charge in [0.15, 0.2) is 0 Å². The SMILES string of the molecule is CCCCC/C=C\C/C=C\CCCCCCCC(N)OC. The lowest BCUT2D eigenvalue weighted by Crippen LogP contribution is -2.21. The lowest BCUT2D eigenvalue weighted by molar-refractivity contribution is 0.0983. The second-order valence-electron chi connectivity index (χ2n) is 5.79. The van der Waals surface area contributed by atoms with Crippen LogP contribution in [-0.4, -0.2) is 13.3 Å². The summed E-state index contributed by atoms with van der Waals surface area (Å²) < 4.78 is 5.03. The number of rotatable bonds is 15. The maximum atomic E-state index is 5.69. The minimum Gasteiger partial charge on any atom is -0.367 e. The van der Waals surface area contributed by atoms with E-state index in [9.17, 15) is 0 Å². The summed E-state index contributed by atoms with van der Waals surface area (Å²) in [6, 6.07) is 0. The Morgan fingerprint density at radius 3 is 2.00 bits per heavy atom. The molecule has 124 valence electrons. The van der Waals surface area contributed by atoms with Gasteiger partial charge in [-0.3, -0.25) is 0 Å². The first-order chi connectivity index (χ1) is 10.3. The third-order valence-electron chi connectivity index (χ3n) is 3.74. The van der Waals surface area contributed by atoms with Crippen LogP contribution >= 0.6 is 0 Å². The van der Waals surface area contributed by atoms with Crippen LogP contribution < -0.4 is 5.73 Å². The highest BCUT2D eigenvalue weighted by molar-refractivity contribution is 4.92. The molecule has 0 heterocycles. The van der Waals surface area contributed by atoms with E-state index in [2.05, 4.69) is 31.2 Å². The molecule has 0 saturated heterocycles. The van der Waals surface area contributed by atoms with E-state index in [0.29, 0.717) is 0 Å². The molecule has 2 heteroatoms. The van der Waals surface area contributed by atoms with Crippen molar-refractivity contribution in [3.05, 3.63) is 24.3 Å². The van der Waals surface area contributed by atoms with Crippen molar-refractivity contribution in [3.8, 4) is 0 Å². The molecule has 0 aliphatic carbocycles. The van der Waals surface area contributed by atoms with Crippen molar-refractivity contribution in [2.24, 2.45) is 5.73 Å². The number of hydrogen-bond donors (Lipinski definition) is 1. The summed E-state index contributed by atoms with van der Waals surface area (Å²) in [5, 5.41) is 0. The third-order valence-corrected chi connectivity index (χ3v) is 3.74. The predicted octanol–water partition coefficient (Wildman–Crippen LogP) is 5.73. The fourth-order valence-electron chi connectivity index (χ4n) is 2.27. The second-order valence-corrected chi connectivity index (χ2v) is 5.79. The smallest absolute Gasteiger partial charge is 0.105 e. The highest BCUT2D eigenvalue weighted by Crippen LogP contribution is 2.09. The summed E-state index contributed by atoms with van der Waals surface area (Å²) in [6.45, 7) is 2.25. The minimum atomic E-state index is -0.0667. The first kappa shape index (κ1) is 20.4. The van der Waals surface area contributed by atoms with Gasteiger partial charge in [-0.2, -0.15) is 0 Å². The Morgan fingerprint density at radius 1 is 0.810 bits per heavy atom. The molecule has 0 aromatic carbocycles. The van der Waals surface area contributed by atoms with Crippen molar-refractivity contribution in [2.75, 3.05) is 7.11 Å². The zero-order chi connectivity index (χ0) is 15.6. The average molecular weight is 296 g/mol. The molecule has 1 atom stereocenters. The van der Waals surface area contributed by atoms with E-state index in [1.807, 2.05) is 0 Å².